The van der Waals surface area contributed by atoms with Gasteiger partial charge in [-0.3, -0.25) is 14.6 Å². The van der Waals surface area contributed by atoms with Gasteiger partial charge in [0.25, 0.3) is 5.91 Å². The first-order chi connectivity index (χ1) is 15.5. The van der Waals surface area contributed by atoms with Crippen LogP contribution in [0.3, 0.4) is 0 Å². The Kier molecular flexibility index (Phi) is 6.77. The molecule has 0 aliphatic carbocycles. The van der Waals surface area contributed by atoms with Gasteiger partial charge in [-0.25, -0.2) is 4.79 Å². The zero-order chi connectivity index (χ0) is 22.6. The van der Waals surface area contributed by atoms with Crippen molar-refractivity contribution in [1.29, 1.82) is 0 Å². The number of amides is 3. The second kappa shape index (κ2) is 9.71. The number of nitrogens with zero attached hydrogens (tertiary/aromatic N) is 3. The molecule has 2 saturated heterocycles. The fourth-order valence-corrected chi connectivity index (χ4v) is 4.84. The van der Waals surface area contributed by atoms with Gasteiger partial charge in [0.2, 0.25) is 0 Å². The molecular formula is C25H31N3O4. The number of methoxy groups -OCH3 is 1. The standard InChI is InChI=1S/C25H31N3O4/c1-32-17-16-28-24(31)27(13-10-20-6-3-2-4-7-20)23(30)25(28)11-14-26(15-12-25)19-21-8-5-9-22(29)18-21/h2-9,18,29H,10-17,19H2,1H3. The van der Waals surface area contributed by atoms with Crippen LogP contribution in [0.5, 0.6) is 5.75 Å². The van der Waals surface area contributed by atoms with Gasteiger partial charge in [-0.05, 0) is 42.5 Å². The number of carbonyl (C=O) groups is 2. The number of aromatic hydroxyl groups is 1. The predicted octanol–water partition coefficient (Wildman–Crippen LogP) is 2.88. The summed E-state index contributed by atoms with van der Waals surface area (Å²) in [6.45, 7) is 3.34. The van der Waals surface area contributed by atoms with E-state index in [1.54, 1.807) is 24.1 Å². The fourth-order valence-electron chi connectivity index (χ4n) is 4.84. The van der Waals surface area contributed by atoms with Crippen LogP contribution in [-0.4, -0.2) is 77.2 Å². The molecule has 0 unspecified atom stereocenters. The zero-order valence-electron chi connectivity index (χ0n) is 18.6. The predicted molar refractivity (Wildman–Crippen MR) is 121 cm³/mol. The zero-order valence-corrected chi connectivity index (χ0v) is 18.6. The number of imide groups is 1. The van der Waals surface area contributed by atoms with E-state index < -0.39 is 5.54 Å². The first-order valence-corrected chi connectivity index (χ1v) is 11.2. The van der Waals surface area contributed by atoms with Crippen LogP contribution < -0.4 is 0 Å². The molecule has 0 aromatic heterocycles. The van der Waals surface area contributed by atoms with Gasteiger partial charge in [-0.1, -0.05) is 42.5 Å². The minimum absolute atomic E-state index is 0.0773. The lowest BCUT2D eigenvalue weighted by atomic mass is 9.85. The van der Waals surface area contributed by atoms with Crippen LogP contribution >= 0.6 is 0 Å². The molecule has 4 rings (SSSR count). The highest BCUT2D eigenvalue weighted by Gasteiger charge is 2.57. The third-order valence-electron chi connectivity index (χ3n) is 6.61. The summed E-state index contributed by atoms with van der Waals surface area (Å²) in [4.78, 5) is 32.3. The number of likely N-dealkylation sites (tertiary alicyclic amines) is 1. The maximum absolute atomic E-state index is 13.6. The van der Waals surface area contributed by atoms with Crippen molar-refractivity contribution in [3.63, 3.8) is 0 Å². The number of hydrogen-bond acceptors (Lipinski definition) is 5. The molecule has 2 aromatic rings. The molecule has 0 atom stereocenters. The Morgan fingerprint density at radius 2 is 1.69 bits per heavy atom. The Morgan fingerprint density at radius 3 is 2.38 bits per heavy atom. The van der Waals surface area contributed by atoms with Crippen molar-refractivity contribution in [3.8, 4) is 5.75 Å². The maximum Gasteiger partial charge on any atom is 0.327 e. The summed E-state index contributed by atoms with van der Waals surface area (Å²) in [7, 11) is 1.61. The van der Waals surface area contributed by atoms with Crippen molar-refractivity contribution in [2.75, 3.05) is 39.9 Å². The van der Waals surface area contributed by atoms with E-state index in [1.807, 2.05) is 42.5 Å². The quantitative estimate of drug-likeness (QED) is 0.643. The topological polar surface area (TPSA) is 73.3 Å². The Hall–Kier alpha value is -2.90. The lowest BCUT2D eigenvalue weighted by Crippen LogP contribution is -2.57. The number of phenolic OH excluding ortho intramolecular Hbond substituents is 1. The fraction of sp³-hybridized carbons (Fsp3) is 0.440. The van der Waals surface area contributed by atoms with E-state index in [1.165, 1.54) is 4.90 Å². The van der Waals surface area contributed by atoms with Gasteiger partial charge in [0.15, 0.2) is 0 Å². The van der Waals surface area contributed by atoms with Crippen LogP contribution in [0.25, 0.3) is 0 Å². The van der Waals surface area contributed by atoms with E-state index in [2.05, 4.69) is 4.90 Å². The number of phenols is 1. The van der Waals surface area contributed by atoms with Crippen molar-refractivity contribution in [1.82, 2.24) is 14.7 Å². The summed E-state index contributed by atoms with van der Waals surface area (Å²) in [5.41, 5.74) is 1.36. The minimum Gasteiger partial charge on any atom is -0.508 e. The molecule has 2 aliphatic heterocycles. The van der Waals surface area contributed by atoms with Crippen molar-refractivity contribution in [2.24, 2.45) is 0 Å². The second-order valence-electron chi connectivity index (χ2n) is 8.60. The lowest BCUT2D eigenvalue weighted by Gasteiger charge is -2.42. The molecule has 32 heavy (non-hydrogen) atoms. The number of rotatable bonds is 8. The summed E-state index contributed by atoms with van der Waals surface area (Å²) in [6.07, 6.45) is 1.85. The molecule has 0 radical (unpaired) electrons. The number of hydrogen-bond donors (Lipinski definition) is 1. The lowest BCUT2D eigenvalue weighted by molar-refractivity contribution is -0.135. The van der Waals surface area contributed by atoms with Crippen LogP contribution in [0.4, 0.5) is 4.79 Å². The number of ether oxygens (including phenoxy) is 1. The normalized spacial score (nSPS) is 18.7. The molecule has 1 spiro atoms. The van der Waals surface area contributed by atoms with Gasteiger partial charge in [0, 0.05) is 39.8 Å². The second-order valence-corrected chi connectivity index (χ2v) is 8.60. The summed E-state index contributed by atoms with van der Waals surface area (Å²) in [5, 5.41) is 9.73. The van der Waals surface area contributed by atoms with E-state index in [9.17, 15) is 14.7 Å². The van der Waals surface area contributed by atoms with Crippen LogP contribution in [-0.2, 0) is 22.5 Å². The molecule has 2 aromatic carbocycles. The highest BCUT2D eigenvalue weighted by Crippen LogP contribution is 2.37. The molecule has 0 bridgehead atoms. The number of carbonyl (C=O) groups excluding carboxylic acids is 2. The highest BCUT2D eigenvalue weighted by molar-refractivity contribution is 6.07. The van der Waals surface area contributed by atoms with Crippen LogP contribution in [0.2, 0.25) is 0 Å². The first-order valence-electron chi connectivity index (χ1n) is 11.2. The SMILES string of the molecule is COCCN1C(=O)N(CCc2ccccc2)C(=O)C12CCN(Cc1cccc(O)c1)CC2. The molecule has 7 heteroatoms. The highest BCUT2D eigenvalue weighted by atomic mass is 16.5. The maximum atomic E-state index is 13.6. The van der Waals surface area contributed by atoms with E-state index in [4.69, 9.17) is 4.74 Å². The summed E-state index contributed by atoms with van der Waals surface area (Å²) in [5.74, 6) is 0.180. The average molecular weight is 438 g/mol. The third kappa shape index (κ3) is 4.49. The molecule has 1 N–H and O–H groups in total. The van der Waals surface area contributed by atoms with E-state index in [-0.39, 0.29) is 17.7 Å². The largest absolute Gasteiger partial charge is 0.508 e. The van der Waals surface area contributed by atoms with Gasteiger partial charge < -0.3 is 14.7 Å². The minimum atomic E-state index is -0.790. The van der Waals surface area contributed by atoms with Gasteiger partial charge in [-0.2, -0.15) is 0 Å². The van der Waals surface area contributed by atoms with Gasteiger partial charge in [0.05, 0.1) is 6.61 Å². The third-order valence-corrected chi connectivity index (χ3v) is 6.61. The molecule has 0 saturated carbocycles. The molecule has 2 aliphatic rings. The first kappa shape index (κ1) is 22.3. The van der Waals surface area contributed by atoms with Gasteiger partial charge >= 0.3 is 6.03 Å². The monoisotopic (exact) mass is 437 g/mol. The smallest absolute Gasteiger partial charge is 0.327 e. The van der Waals surface area contributed by atoms with E-state index in [0.29, 0.717) is 58.6 Å². The molecule has 7 nitrogen and oxygen atoms in total. The molecule has 2 fully saturated rings. The van der Waals surface area contributed by atoms with Crippen molar-refractivity contribution in [3.05, 3.63) is 65.7 Å². The van der Waals surface area contributed by atoms with Gasteiger partial charge in [0.1, 0.15) is 11.3 Å². The molecular weight excluding hydrogens is 406 g/mol. The van der Waals surface area contributed by atoms with Crippen LogP contribution in [0.1, 0.15) is 24.0 Å². The Bertz CT molecular complexity index is 941. The van der Waals surface area contributed by atoms with E-state index >= 15 is 0 Å². The summed E-state index contributed by atoms with van der Waals surface area (Å²) >= 11 is 0. The van der Waals surface area contributed by atoms with Crippen molar-refractivity contribution in [2.45, 2.75) is 31.3 Å². The molecule has 2 heterocycles. The van der Waals surface area contributed by atoms with Crippen molar-refractivity contribution < 1.29 is 19.4 Å². The summed E-state index contributed by atoms with van der Waals surface area (Å²) < 4.78 is 5.24. The Labute approximate surface area is 189 Å². The van der Waals surface area contributed by atoms with Crippen LogP contribution in [0, 0.1) is 0 Å². The number of piperidine rings is 1. The van der Waals surface area contributed by atoms with Crippen LogP contribution in [0.15, 0.2) is 54.6 Å². The summed E-state index contributed by atoms with van der Waals surface area (Å²) in [6, 6.07) is 17.0. The Balaban J connectivity index is 1.46. The van der Waals surface area contributed by atoms with Gasteiger partial charge in [-0.15, -0.1) is 0 Å². The Morgan fingerprint density at radius 1 is 0.969 bits per heavy atom. The number of urea groups is 1. The van der Waals surface area contributed by atoms with E-state index in [0.717, 1.165) is 11.1 Å². The molecule has 170 valence electrons. The average Bonchev–Trinajstić information content (AvgIpc) is 2.99. The van der Waals surface area contributed by atoms with Crippen molar-refractivity contribution >= 4 is 11.9 Å². The number of benzene rings is 2. The molecule has 3 amide bonds.